The number of aryl methyl sites for hydroxylation is 2. The number of aromatic nitrogens is 2. The molecule has 0 aliphatic heterocycles. The van der Waals surface area contributed by atoms with Gasteiger partial charge in [0.1, 0.15) is 5.56 Å². The number of carbonyl (C=O) groups is 1. The number of rotatable bonds is 5. The minimum atomic E-state index is -0.888. The number of carboxylic acids is 1. The van der Waals surface area contributed by atoms with Crippen molar-refractivity contribution in [3.8, 4) is 0 Å². The fourth-order valence-corrected chi connectivity index (χ4v) is 2.00. The van der Waals surface area contributed by atoms with Gasteiger partial charge in [-0.15, -0.1) is 0 Å². The van der Waals surface area contributed by atoms with E-state index in [1.165, 1.54) is 0 Å². The molecule has 0 saturated carbocycles. The number of nitrogens with zero attached hydrogens (tertiary/aromatic N) is 2. The summed E-state index contributed by atoms with van der Waals surface area (Å²) in [5.74, 6) is 0.182. The zero-order valence-electron chi connectivity index (χ0n) is 9.28. The first kappa shape index (κ1) is 12.1. The van der Waals surface area contributed by atoms with Crippen LogP contribution in [0.4, 0.5) is 0 Å². The van der Waals surface area contributed by atoms with E-state index in [0.717, 1.165) is 24.4 Å². The van der Waals surface area contributed by atoms with Crippen molar-refractivity contribution in [1.29, 1.82) is 0 Å². The molecular formula is C10H16N2O2S. The highest BCUT2D eigenvalue weighted by Crippen LogP contribution is 2.13. The summed E-state index contributed by atoms with van der Waals surface area (Å²) >= 11 is 1.79. The first-order chi connectivity index (χ1) is 7.07. The van der Waals surface area contributed by atoms with E-state index in [4.69, 9.17) is 5.11 Å². The Kier molecular flexibility index (Phi) is 4.20. The van der Waals surface area contributed by atoms with Crippen molar-refractivity contribution in [2.24, 2.45) is 0 Å². The first-order valence-corrected chi connectivity index (χ1v) is 6.23. The fraction of sp³-hybridized carbons (Fsp3) is 0.600. The lowest BCUT2D eigenvalue weighted by atomic mass is 10.2. The van der Waals surface area contributed by atoms with Crippen LogP contribution in [-0.2, 0) is 6.54 Å². The van der Waals surface area contributed by atoms with E-state index in [1.54, 1.807) is 23.4 Å². The van der Waals surface area contributed by atoms with Crippen LogP contribution in [0.15, 0.2) is 0 Å². The van der Waals surface area contributed by atoms with E-state index < -0.39 is 5.97 Å². The van der Waals surface area contributed by atoms with Crippen molar-refractivity contribution < 1.29 is 9.90 Å². The van der Waals surface area contributed by atoms with Gasteiger partial charge >= 0.3 is 5.97 Å². The molecule has 0 aromatic carbocycles. The molecule has 0 bridgehead atoms. The summed E-state index contributed by atoms with van der Waals surface area (Å²) in [5, 5.41) is 13.2. The molecule has 4 nitrogen and oxygen atoms in total. The molecule has 0 aliphatic carbocycles. The van der Waals surface area contributed by atoms with Crippen LogP contribution in [0.3, 0.4) is 0 Å². The zero-order valence-corrected chi connectivity index (χ0v) is 10.1. The van der Waals surface area contributed by atoms with E-state index >= 15 is 0 Å². The minimum absolute atomic E-state index is 0.346. The van der Waals surface area contributed by atoms with Gasteiger partial charge < -0.3 is 5.11 Å². The van der Waals surface area contributed by atoms with Gasteiger partial charge in [0.15, 0.2) is 0 Å². The van der Waals surface area contributed by atoms with Crippen LogP contribution in [0.25, 0.3) is 0 Å². The number of carboxylic acid groups (broad SMARTS) is 1. The van der Waals surface area contributed by atoms with Crippen LogP contribution in [0.1, 0.15) is 28.2 Å². The van der Waals surface area contributed by atoms with Crippen molar-refractivity contribution in [2.75, 3.05) is 12.0 Å². The molecule has 84 valence electrons. The van der Waals surface area contributed by atoms with Gasteiger partial charge in [0, 0.05) is 6.54 Å². The van der Waals surface area contributed by atoms with Crippen LogP contribution < -0.4 is 0 Å². The predicted octanol–water partition coefficient (Wildman–Crippen LogP) is 1.95. The van der Waals surface area contributed by atoms with E-state index in [0.29, 0.717) is 11.3 Å². The monoisotopic (exact) mass is 228 g/mol. The highest BCUT2D eigenvalue weighted by Gasteiger charge is 2.16. The Hall–Kier alpha value is -0.970. The number of hydrogen-bond donors (Lipinski definition) is 1. The third-order valence-electron chi connectivity index (χ3n) is 2.31. The third-order valence-corrected chi connectivity index (χ3v) is 3.01. The number of thioether (sulfide) groups is 1. The molecule has 0 spiro atoms. The molecule has 1 aromatic heterocycles. The lowest BCUT2D eigenvalue weighted by Gasteiger charge is -2.03. The quantitative estimate of drug-likeness (QED) is 0.783. The normalized spacial score (nSPS) is 10.6. The molecule has 0 fully saturated rings. The van der Waals surface area contributed by atoms with Crippen LogP contribution in [0.5, 0.6) is 0 Å². The Morgan fingerprint density at radius 3 is 2.67 bits per heavy atom. The molecule has 0 aliphatic rings. The predicted molar refractivity (Wildman–Crippen MR) is 61.7 cm³/mol. The van der Waals surface area contributed by atoms with Gasteiger partial charge in [0.05, 0.1) is 11.4 Å². The van der Waals surface area contributed by atoms with Crippen molar-refractivity contribution in [2.45, 2.75) is 26.8 Å². The van der Waals surface area contributed by atoms with Gasteiger partial charge in [-0.05, 0) is 32.3 Å². The second-order valence-corrected chi connectivity index (χ2v) is 4.41. The zero-order chi connectivity index (χ0) is 11.4. The summed E-state index contributed by atoms with van der Waals surface area (Å²) in [6.07, 6.45) is 3.08. The molecule has 0 atom stereocenters. The molecule has 0 amide bonds. The van der Waals surface area contributed by atoms with E-state index in [2.05, 4.69) is 11.4 Å². The Balaban J connectivity index is 2.82. The summed E-state index contributed by atoms with van der Waals surface area (Å²) in [6, 6.07) is 0. The number of hydrogen-bond acceptors (Lipinski definition) is 3. The number of aromatic carboxylic acids is 1. The van der Waals surface area contributed by atoms with Crippen molar-refractivity contribution in [3.63, 3.8) is 0 Å². The Morgan fingerprint density at radius 2 is 2.20 bits per heavy atom. The Labute approximate surface area is 93.7 Å². The van der Waals surface area contributed by atoms with Crippen molar-refractivity contribution in [1.82, 2.24) is 9.78 Å². The molecule has 1 rings (SSSR count). The van der Waals surface area contributed by atoms with Crippen molar-refractivity contribution in [3.05, 3.63) is 17.0 Å². The fourth-order valence-electron chi connectivity index (χ4n) is 1.58. The molecule has 5 heteroatoms. The summed E-state index contributed by atoms with van der Waals surface area (Å²) < 4.78 is 1.79. The van der Waals surface area contributed by atoms with Gasteiger partial charge in [0.25, 0.3) is 0 Å². The second kappa shape index (κ2) is 5.21. The van der Waals surface area contributed by atoms with Crippen LogP contribution in [-0.4, -0.2) is 32.9 Å². The van der Waals surface area contributed by atoms with E-state index in [9.17, 15) is 4.79 Å². The third kappa shape index (κ3) is 2.75. The highest BCUT2D eigenvalue weighted by molar-refractivity contribution is 7.98. The van der Waals surface area contributed by atoms with Gasteiger partial charge in [-0.3, -0.25) is 4.68 Å². The van der Waals surface area contributed by atoms with Crippen LogP contribution in [0, 0.1) is 13.8 Å². The average Bonchev–Trinajstić information content (AvgIpc) is 2.42. The van der Waals surface area contributed by atoms with Crippen molar-refractivity contribution >= 4 is 17.7 Å². The van der Waals surface area contributed by atoms with E-state index in [-0.39, 0.29) is 0 Å². The Morgan fingerprint density at radius 1 is 1.53 bits per heavy atom. The maximum absolute atomic E-state index is 10.9. The van der Waals surface area contributed by atoms with Crippen LogP contribution >= 0.6 is 11.8 Å². The van der Waals surface area contributed by atoms with Gasteiger partial charge in [-0.25, -0.2) is 4.79 Å². The lowest BCUT2D eigenvalue weighted by Crippen LogP contribution is -2.05. The molecule has 0 radical (unpaired) electrons. The lowest BCUT2D eigenvalue weighted by molar-refractivity contribution is 0.0695. The summed E-state index contributed by atoms with van der Waals surface area (Å²) in [7, 11) is 0. The summed E-state index contributed by atoms with van der Waals surface area (Å²) in [4.78, 5) is 10.9. The smallest absolute Gasteiger partial charge is 0.339 e. The maximum Gasteiger partial charge on any atom is 0.339 e. The maximum atomic E-state index is 10.9. The molecule has 1 aromatic rings. The highest BCUT2D eigenvalue weighted by atomic mass is 32.2. The largest absolute Gasteiger partial charge is 0.478 e. The van der Waals surface area contributed by atoms with Crippen LogP contribution in [0.2, 0.25) is 0 Å². The first-order valence-electron chi connectivity index (χ1n) is 4.84. The molecule has 1 heterocycles. The Bertz CT molecular complexity index is 361. The SMILES string of the molecule is CSCCCn1nc(C)c(C(=O)O)c1C. The summed E-state index contributed by atoms with van der Waals surface area (Å²) in [6.45, 7) is 4.34. The molecule has 0 unspecified atom stereocenters. The second-order valence-electron chi connectivity index (χ2n) is 3.42. The molecule has 1 N–H and O–H groups in total. The molecule has 15 heavy (non-hydrogen) atoms. The van der Waals surface area contributed by atoms with Gasteiger partial charge in [0.2, 0.25) is 0 Å². The summed E-state index contributed by atoms with van der Waals surface area (Å²) in [5.41, 5.74) is 1.70. The minimum Gasteiger partial charge on any atom is -0.478 e. The van der Waals surface area contributed by atoms with E-state index in [1.807, 2.05) is 6.92 Å². The van der Waals surface area contributed by atoms with Gasteiger partial charge in [-0.2, -0.15) is 16.9 Å². The van der Waals surface area contributed by atoms with Gasteiger partial charge in [-0.1, -0.05) is 0 Å². The average molecular weight is 228 g/mol. The topological polar surface area (TPSA) is 55.1 Å². The molecule has 0 saturated heterocycles. The standard InChI is InChI=1S/C10H16N2O2S/c1-7-9(10(13)14)8(2)12(11-7)5-4-6-15-3/h4-6H2,1-3H3,(H,13,14). The molecular weight excluding hydrogens is 212 g/mol.